The van der Waals surface area contributed by atoms with E-state index in [9.17, 15) is 22.8 Å². The number of nitrogens with one attached hydrogen (secondary N) is 3. The monoisotopic (exact) mass is 420 g/mol. The third-order valence-electron chi connectivity index (χ3n) is 3.80. The van der Waals surface area contributed by atoms with E-state index in [1.807, 2.05) is 0 Å². The first-order chi connectivity index (χ1) is 13.8. The molecule has 0 unspecified atom stereocenters. The van der Waals surface area contributed by atoms with Gasteiger partial charge in [0.05, 0.1) is 5.56 Å². The van der Waals surface area contributed by atoms with Crippen LogP contribution in [-0.4, -0.2) is 24.0 Å². The summed E-state index contributed by atoms with van der Waals surface area (Å²) in [6.07, 6.45) is -4.45. The molecule has 1 heterocycles. The lowest BCUT2D eigenvalue weighted by Gasteiger charge is -2.07. The van der Waals surface area contributed by atoms with Crippen LogP contribution in [0.2, 0.25) is 0 Å². The van der Waals surface area contributed by atoms with E-state index in [1.165, 1.54) is 24.6 Å². The lowest BCUT2D eigenvalue weighted by Crippen LogP contribution is -2.24. The maximum absolute atomic E-state index is 12.9. The summed E-state index contributed by atoms with van der Waals surface area (Å²) in [5, 5.41) is 9.45. The van der Waals surface area contributed by atoms with Gasteiger partial charge in [0.2, 0.25) is 0 Å². The molecule has 29 heavy (non-hydrogen) atoms. The number of halogens is 3. The molecule has 150 valence electrons. The fraction of sp³-hybridized carbons (Fsp3) is 0.105. The molecule has 0 aliphatic carbocycles. The molecule has 0 bridgehead atoms. The van der Waals surface area contributed by atoms with Crippen LogP contribution in [0.15, 0.2) is 53.9 Å². The van der Waals surface area contributed by atoms with Crippen LogP contribution in [-0.2, 0) is 6.18 Å². The number of benzene rings is 2. The van der Waals surface area contributed by atoms with Crippen molar-refractivity contribution in [1.82, 2.24) is 10.3 Å². The summed E-state index contributed by atoms with van der Waals surface area (Å²) in [7, 11) is 1.49. The van der Waals surface area contributed by atoms with Crippen molar-refractivity contribution in [3.05, 3.63) is 65.2 Å². The number of aromatic nitrogens is 1. The second kappa shape index (κ2) is 8.31. The van der Waals surface area contributed by atoms with Gasteiger partial charge in [-0.2, -0.15) is 13.2 Å². The van der Waals surface area contributed by atoms with Crippen LogP contribution < -0.4 is 16.0 Å². The molecule has 0 saturated carbocycles. The zero-order valence-corrected chi connectivity index (χ0v) is 15.8. The Bertz CT molecular complexity index is 1030. The highest BCUT2D eigenvalue weighted by Crippen LogP contribution is 2.33. The fourth-order valence-electron chi connectivity index (χ4n) is 2.36. The molecule has 0 radical (unpaired) electrons. The van der Waals surface area contributed by atoms with Gasteiger partial charge in [0.1, 0.15) is 10.7 Å². The third-order valence-corrected chi connectivity index (χ3v) is 4.69. The number of nitrogens with zero attached hydrogens (tertiary/aromatic N) is 1. The lowest BCUT2D eigenvalue weighted by atomic mass is 10.1. The van der Waals surface area contributed by atoms with Gasteiger partial charge in [-0.05, 0) is 36.4 Å². The Morgan fingerprint density at radius 3 is 2.28 bits per heavy atom. The predicted octanol–water partition coefficient (Wildman–Crippen LogP) is 4.83. The standard InChI is InChI=1S/C19H15F3N4O2S/c1-23-18(28)25-14-7-5-13(6-8-14)24-16(27)15-10-29-17(26-15)11-3-2-4-12(9-11)19(20,21)22/h2-10H,1H3,(H,24,27)(H2,23,25,28). The second-order valence-corrected chi connectivity index (χ2v) is 6.71. The van der Waals surface area contributed by atoms with Crippen LogP contribution in [0.1, 0.15) is 16.1 Å². The molecule has 0 saturated heterocycles. The highest BCUT2D eigenvalue weighted by molar-refractivity contribution is 7.13. The van der Waals surface area contributed by atoms with Gasteiger partial charge in [-0.15, -0.1) is 11.3 Å². The van der Waals surface area contributed by atoms with Gasteiger partial charge >= 0.3 is 12.2 Å². The first kappa shape index (κ1) is 20.3. The molecule has 0 fully saturated rings. The summed E-state index contributed by atoms with van der Waals surface area (Å²) in [6.45, 7) is 0. The number of hydrogen-bond acceptors (Lipinski definition) is 4. The molecule has 10 heteroatoms. The Morgan fingerprint density at radius 1 is 1.00 bits per heavy atom. The van der Waals surface area contributed by atoms with E-state index in [0.29, 0.717) is 16.4 Å². The molecule has 1 aromatic heterocycles. The molecule has 3 N–H and O–H groups in total. The van der Waals surface area contributed by atoms with Gasteiger partial charge in [-0.25, -0.2) is 9.78 Å². The van der Waals surface area contributed by atoms with E-state index >= 15 is 0 Å². The van der Waals surface area contributed by atoms with Crippen LogP contribution in [0.4, 0.5) is 29.3 Å². The molecule has 0 aliphatic rings. The van der Waals surface area contributed by atoms with Crippen molar-refractivity contribution in [3.8, 4) is 10.6 Å². The zero-order chi connectivity index (χ0) is 21.0. The predicted molar refractivity (Wildman–Crippen MR) is 105 cm³/mol. The summed E-state index contributed by atoms with van der Waals surface area (Å²) in [6, 6.07) is 10.8. The largest absolute Gasteiger partial charge is 0.416 e. The van der Waals surface area contributed by atoms with Crippen LogP contribution in [0.25, 0.3) is 10.6 Å². The van der Waals surface area contributed by atoms with Crippen LogP contribution in [0.5, 0.6) is 0 Å². The van der Waals surface area contributed by atoms with Crippen molar-refractivity contribution in [1.29, 1.82) is 0 Å². The van der Waals surface area contributed by atoms with Gasteiger partial charge in [0.25, 0.3) is 5.91 Å². The van der Waals surface area contributed by atoms with E-state index in [4.69, 9.17) is 0 Å². The average Bonchev–Trinajstić information content (AvgIpc) is 3.19. The van der Waals surface area contributed by atoms with Gasteiger partial charge in [0, 0.05) is 29.4 Å². The van der Waals surface area contributed by atoms with Gasteiger partial charge < -0.3 is 16.0 Å². The first-order valence-electron chi connectivity index (χ1n) is 8.29. The Balaban J connectivity index is 1.71. The molecule has 0 aliphatic heterocycles. The van der Waals surface area contributed by atoms with E-state index in [0.717, 1.165) is 23.5 Å². The second-order valence-electron chi connectivity index (χ2n) is 5.85. The molecule has 0 atom stereocenters. The summed E-state index contributed by atoms with van der Waals surface area (Å²) in [4.78, 5) is 27.8. The van der Waals surface area contributed by atoms with Crippen molar-refractivity contribution in [3.63, 3.8) is 0 Å². The van der Waals surface area contributed by atoms with E-state index in [2.05, 4.69) is 20.9 Å². The van der Waals surface area contributed by atoms with E-state index in [1.54, 1.807) is 24.3 Å². The number of carbonyl (C=O) groups is 2. The molecule has 3 rings (SSSR count). The number of thiazole rings is 1. The molecule has 3 amide bonds. The van der Waals surface area contributed by atoms with Crippen LogP contribution in [0.3, 0.4) is 0 Å². The molecule has 2 aromatic carbocycles. The highest BCUT2D eigenvalue weighted by Gasteiger charge is 2.30. The SMILES string of the molecule is CNC(=O)Nc1ccc(NC(=O)c2csc(-c3cccc(C(F)(F)F)c3)n2)cc1. The smallest absolute Gasteiger partial charge is 0.341 e. The number of urea groups is 1. The Labute approximate surface area is 167 Å². The van der Waals surface area contributed by atoms with Gasteiger partial charge in [0.15, 0.2) is 0 Å². The molecular weight excluding hydrogens is 405 g/mol. The highest BCUT2D eigenvalue weighted by atomic mass is 32.1. The summed E-state index contributed by atoms with van der Waals surface area (Å²) in [5.74, 6) is -0.494. The van der Waals surface area contributed by atoms with Crippen molar-refractivity contribution in [2.45, 2.75) is 6.18 Å². The summed E-state index contributed by atoms with van der Waals surface area (Å²) < 4.78 is 38.6. The maximum atomic E-state index is 12.9. The number of amides is 3. The topological polar surface area (TPSA) is 83.1 Å². The first-order valence-corrected chi connectivity index (χ1v) is 9.17. The Morgan fingerprint density at radius 2 is 1.66 bits per heavy atom. The molecule has 3 aromatic rings. The van der Waals surface area contributed by atoms with Gasteiger partial charge in [-0.3, -0.25) is 4.79 Å². The minimum Gasteiger partial charge on any atom is -0.341 e. The van der Waals surface area contributed by atoms with Crippen LogP contribution in [0, 0.1) is 0 Å². The third kappa shape index (κ3) is 5.11. The zero-order valence-electron chi connectivity index (χ0n) is 15.0. The lowest BCUT2D eigenvalue weighted by molar-refractivity contribution is -0.137. The number of alkyl halides is 3. The molecule has 0 spiro atoms. The maximum Gasteiger partial charge on any atom is 0.416 e. The van der Waals surface area contributed by atoms with Gasteiger partial charge in [-0.1, -0.05) is 12.1 Å². The van der Waals surface area contributed by atoms with Crippen molar-refractivity contribution in [2.24, 2.45) is 0 Å². The minimum absolute atomic E-state index is 0.0926. The molecule has 6 nitrogen and oxygen atoms in total. The number of hydrogen-bond donors (Lipinski definition) is 3. The Kier molecular flexibility index (Phi) is 5.83. The Hall–Kier alpha value is -3.40. The summed E-state index contributed by atoms with van der Waals surface area (Å²) >= 11 is 1.08. The normalized spacial score (nSPS) is 11.0. The minimum atomic E-state index is -4.45. The number of anilines is 2. The van der Waals surface area contributed by atoms with E-state index < -0.39 is 17.6 Å². The average molecular weight is 420 g/mol. The molecular formula is C19H15F3N4O2S. The number of carbonyl (C=O) groups excluding carboxylic acids is 2. The van der Waals surface area contributed by atoms with Crippen molar-refractivity contribution < 1.29 is 22.8 Å². The number of rotatable bonds is 4. The van der Waals surface area contributed by atoms with Crippen molar-refractivity contribution >= 4 is 34.6 Å². The fourth-order valence-corrected chi connectivity index (χ4v) is 3.16. The van der Waals surface area contributed by atoms with E-state index in [-0.39, 0.29) is 17.3 Å². The quantitative estimate of drug-likeness (QED) is 0.565. The summed E-state index contributed by atoms with van der Waals surface area (Å²) in [5.41, 5.74) is 0.624. The van der Waals surface area contributed by atoms with Crippen LogP contribution >= 0.6 is 11.3 Å². The van der Waals surface area contributed by atoms with Crippen molar-refractivity contribution in [2.75, 3.05) is 17.7 Å².